The molecule has 1 unspecified atom stereocenters. The first-order valence-corrected chi connectivity index (χ1v) is 6.35. The van der Waals surface area contributed by atoms with Crippen molar-refractivity contribution in [1.82, 2.24) is 0 Å². The second-order valence-corrected chi connectivity index (χ2v) is 5.00. The van der Waals surface area contributed by atoms with Crippen LogP contribution in [0.1, 0.15) is 28.4 Å². The van der Waals surface area contributed by atoms with Gasteiger partial charge in [-0.3, -0.25) is 0 Å². The van der Waals surface area contributed by atoms with Crippen LogP contribution in [0.2, 0.25) is 5.02 Å². The van der Waals surface area contributed by atoms with E-state index in [1.807, 2.05) is 18.2 Å². The van der Waals surface area contributed by atoms with E-state index in [9.17, 15) is 9.50 Å². The van der Waals surface area contributed by atoms with Crippen LogP contribution in [0.15, 0.2) is 36.4 Å². The van der Waals surface area contributed by atoms with Gasteiger partial charge in [0.05, 0.1) is 18.2 Å². The molecule has 98 valence electrons. The lowest BCUT2D eigenvalue weighted by Gasteiger charge is -2.13. The Balaban J connectivity index is 1.94. The molecule has 2 aromatic carbocycles. The molecular weight excluding hydrogens is 267 g/mol. The number of benzene rings is 2. The first kappa shape index (κ1) is 12.6. The zero-order chi connectivity index (χ0) is 13.4. The summed E-state index contributed by atoms with van der Waals surface area (Å²) in [6.07, 6.45) is -0.816. The predicted octanol–water partition coefficient (Wildman–Crippen LogP) is 3.59. The molecule has 0 saturated carbocycles. The lowest BCUT2D eigenvalue weighted by Crippen LogP contribution is -2.01. The Morgan fingerprint density at radius 1 is 1.05 bits per heavy atom. The molecule has 2 nitrogen and oxygen atoms in total. The van der Waals surface area contributed by atoms with Gasteiger partial charge < -0.3 is 9.84 Å². The number of fused-ring (bicyclic) bond motifs is 1. The number of rotatable bonds is 2. The van der Waals surface area contributed by atoms with E-state index < -0.39 is 11.9 Å². The summed E-state index contributed by atoms with van der Waals surface area (Å²) in [5.41, 5.74) is 3.56. The monoisotopic (exact) mass is 278 g/mol. The molecule has 0 aromatic heterocycles. The highest BCUT2D eigenvalue weighted by Gasteiger charge is 2.16. The second kappa shape index (κ2) is 4.93. The van der Waals surface area contributed by atoms with Gasteiger partial charge in [-0.15, -0.1) is 0 Å². The molecule has 0 saturated heterocycles. The first-order chi connectivity index (χ1) is 9.15. The third-order valence-electron chi connectivity index (χ3n) is 3.32. The molecule has 1 aliphatic heterocycles. The Morgan fingerprint density at radius 2 is 1.74 bits per heavy atom. The third-order valence-corrected chi connectivity index (χ3v) is 3.61. The van der Waals surface area contributed by atoms with E-state index in [0.29, 0.717) is 18.8 Å². The number of aliphatic hydroxyl groups excluding tert-OH is 1. The molecule has 0 aliphatic carbocycles. The van der Waals surface area contributed by atoms with Crippen molar-refractivity contribution < 1.29 is 14.2 Å². The van der Waals surface area contributed by atoms with Crippen LogP contribution < -0.4 is 0 Å². The van der Waals surface area contributed by atoms with Crippen LogP contribution >= 0.6 is 11.6 Å². The van der Waals surface area contributed by atoms with E-state index >= 15 is 0 Å². The van der Waals surface area contributed by atoms with Crippen LogP contribution in [0.25, 0.3) is 0 Å². The van der Waals surface area contributed by atoms with Crippen molar-refractivity contribution >= 4 is 11.6 Å². The number of ether oxygens (including phenoxy) is 1. The average Bonchev–Trinajstić information content (AvgIpc) is 2.88. The fourth-order valence-electron chi connectivity index (χ4n) is 2.24. The highest BCUT2D eigenvalue weighted by atomic mass is 35.5. The van der Waals surface area contributed by atoms with Crippen molar-refractivity contribution in [1.29, 1.82) is 0 Å². The van der Waals surface area contributed by atoms with Crippen LogP contribution in [-0.2, 0) is 18.0 Å². The summed E-state index contributed by atoms with van der Waals surface area (Å²) >= 11 is 5.73. The third kappa shape index (κ3) is 2.37. The van der Waals surface area contributed by atoms with Gasteiger partial charge in [-0.05, 0) is 34.4 Å². The minimum absolute atomic E-state index is 0.0149. The van der Waals surface area contributed by atoms with Gasteiger partial charge in [0, 0.05) is 0 Å². The van der Waals surface area contributed by atoms with Crippen LogP contribution in [0, 0.1) is 5.82 Å². The molecule has 0 fully saturated rings. The van der Waals surface area contributed by atoms with Gasteiger partial charge in [0.25, 0.3) is 0 Å². The van der Waals surface area contributed by atoms with E-state index in [2.05, 4.69) is 0 Å². The maximum atomic E-state index is 13.1. The smallest absolute Gasteiger partial charge is 0.141 e. The SMILES string of the molecule is OC(c1ccc(F)c(Cl)c1)c1ccc2c(c1)COC2. The minimum atomic E-state index is -0.816. The number of hydrogen-bond donors (Lipinski definition) is 1. The predicted molar refractivity (Wildman–Crippen MR) is 70.4 cm³/mol. The summed E-state index contributed by atoms with van der Waals surface area (Å²) in [4.78, 5) is 0. The molecule has 2 aromatic rings. The van der Waals surface area contributed by atoms with Crippen LogP contribution in [-0.4, -0.2) is 5.11 Å². The highest BCUT2D eigenvalue weighted by molar-refractivity contribution is 6.30. The quantitative estimate of drug-likeness (QED) is 0.910. The number of aliphatic hydroxyl groups is 1. The second-order valence-electron chi connectivity index (χ2n) is 4.60. The molecule has 1 atom stereocenters. The van der Waals surface area contributed by atoms with Crippen LogP contribution in [0.4, 0.5) is 4.39 Å². The summed E-state index contributed by atoms with van der Waals surface area (Å²) in [6, 6.07) is 9.98. The van der Waals surface area contributed by atoms with E-state index in [1.165, 1.54) is 18.2 Å². The fraction of sp³-hybridized carbons (Fsp3) is 0.200. The molecular formula is C15H12ClFO2. The van der Waals surface area contributed by atoms with Crippen molar-refractivity contribution in [3.8, 4) is 0 Å². The molecule has 0 radical (unpaired) electrons. The maximum Gasteiger partial charge on any atom is 0.141 e. The van der Waals surface area contributed by atoms with Gasteiger partial charge in [-0.2, -0.15) is 0 Å². The van der Waals surface area contributed by atoms with Crippen molar-refractivity contribution in [2.24, 2.45) is 0 Å². The number of hydrogen-bond acceptors (Lipinski definition) is 2. The van der Waals surface area contributed by atoms with Crippen molar-refractivity contribution in [3.05, 3.63) is 69.5 Å². The largest absolute Gasteiger partial charge is 0.384 e. The lowest BCUT2D eigenvalue weighted by molar-refractivity contribution is 0.134. The summed E-state index contributed by atoms with van der Waals surface area (Å²) in [5.74, 6) is -0.486. The molecule has 1 N–H and O–H groups in total. The molecule has 0 spiro atoms. The van der Waals surface area contributed by atoms with Gasteiger partial charge in [-0.25, -0.2) is 4.39 Å². The summed E-state index contributed by atoms with van der Waals surface area (Å²) in [5, 5.41) is 10.3. The van der Waals surface area contributed by atoms with E-state index in [4.69, 9.17) is 16.3 Å². The van der Waals surface area contributed by atoms with Gasteiger partial charge in [-0.1, -0.05) is 35.9 Å². The van der Waals surface area contributed by atoms with E-state index in [-0.39, 0.29) is 5.02 Å². The molecule has 0 amide bonds. The van der Waals surface area contributed by atoms with Gasteiger partial charge in [0.1, 0.15) is 11.9 Å². The molecule has 0 bridgehead atoms. The average molecular weight is 279 g/mol. The van der Waals surface area contributed by atoms with Crippen molar-refractivity contribution in [2.45, 2.75) is 19.3 Å². The Morgan fingerprint density at radius 3 is 2.53 bits per heavy atom. The summed E-state index contributed by atoms with van der Waals surface area (Å²) < 4.78 is 18.5. The Hall–Kier alpha value is -1.42. The lowest BCUT2D eigenvalue weighted by atomic mass is 9.98. The van der Waals surface area contributed by atoms with Gasteiger partial charge >= 0.3 is 0 Å². The fourth-order valence-corrected chi connectivity index (χ4v) is 2.43. The zero-order valence-electron chi connectivity index (χ0n) is 10.1. The Labute approximate surface area is 115 Å². The zero-order valence-corrected chi connectivity index (χ0v) is 10.8. The van der Waals surface area contributed by atoms with E-state index in [0.717, 1.165) is 16.7 Å². The van der Waals surface area contributed by atoms with Gasteiger partial charge in [0.2, 0.25) is 0 Å². The van der Waals surface area contributed by atoms with Crippen LogP contribution in [0.5, 0.6) is 0 Å². The van der Waals surface area contributed by atoms with E-state index in [1.54, 1.807) is 0 Å². The Bertz CT molecular complexity index is 628. The van der Waals surface area contributed by atoms with Gasteiger partial charge in [0.15, 0.2) is 0 Å². The molecule has 4 heteroatoms. The van der Waals surface area contributed by atoms with Crippen LogP contribution in [0.3, 0.4) is 0 Å². The first-order valence-electron chi connectivity index (χ1n) is 5.97. The maximum absolute atomic E-state index is 13.1. The summed E-state index contributed by atoms with van der Waals surface area (Å²) in [7, 11) is 0. The standard InChI is InChI=1S/C15H12ClFO2/c16-13-6-10(3-4-14(13)17)15(18)9-1-2-11-7-19-8-12(11)5-9/h1-6,15,18H,7-8H2. The topological polar surface area (TPSA) is 29.5 Å². The van der Waals surface area contributed by atoms with Crippen molar-refractivity contribution in [2.75, 3.05) is 0 Å². The molecule has 19 heavy (non-hydrogen) atoms. The number of halogens is 2. The molecule has 3 rings (SSSR count). The summed E-state index contributed by atoms with van der Waals surface area (Å²) in [6.45, 7) is 1.19. The van der Waals surface area contributed by atoms with Crippen molar-refractivity contribution in [3.63, 3.8) is 0 Å². The highest BCUT2D eigenvalue weighted by Crippen LogP contribution is 2.29. The molecule has 1 aliphatic rings. The Kier molecular flexibility index (Phi) is 3.27. The molecule has 1 heterocycles. The minimum Gasteiger partial charge on any atom is -0.384 e. The normalized spacial score (nSPS) is 15.3.